The summed E-state index contributed by atoms with van der Waals surface area (Å²) in [5.41, 5.74) is -2.19. The molecule has 11 heavy (non-hydrogen) atoms. The standard InChI is InChI=1S/C7H14N2O2/c1-5-8-6(2,10)4-7(3,11)9-5/h10-11H,4H2,1-3H3,(H,8,9). The Balaban J connectivity index is 2.86. The molecule has 1 rings (SSSR count). The van der Waals surface area contributed by atoms with Gasteiger partial charge in [-0.05, 0) is 20.8 Å². The molecule has 0 saturated carbocycles. The van der Waals surface area contributed by atoms with E-state index in [0.29, 0.717) is 5.84 Å². The van der Waals surface area contributed by atoms with Crippen molar-refractivity contribution in [3.8, 4) is 0 Å². The van der Waals surface area contributed by atoms with Crippen LogP contribution in [0.4, 0.5) is 0 Å². The molecule has 4 heteroatoms. The Morgan fingerprint density at radius 1 is 1.45 bits per heavy atom. The summed E-state index contributed by atoms with van der Waals surface area (Å²) in [6.45, 7) is 4.90. The molecule has 3 N–H and O–H groups in total. The lowest BCUT2D eigenvalue weighted by Gasteiger charge is -2.36. The second kappa shape index (κ2) is 2.19. The van der Waals surface area contributed by atoms with Gasteiger partial charge in [0.2, 0.25) is 0 Å². The lowest BCUT2D eigenvalue weighted by Crippen LogP contribution is -2.54. The molecule has 0 saturated heterocycles. The third-order valence-electron chi connectivity index (χ3n) is 1.54. The van der Waals surface area contributed by atoms with E-state index < -0.39 is 11.4 Å². The largest absolute Gasteiger partial charge is 0.371 e. The van der Waals surface area contributed by atoms with Gasteiger partial charge in [-0.3, -0.25) is 0 Å². The minimum Gasteiger partial charge on any atom is -0.371 e. The quantitative estimate of drug-likeness (QED) is 0.458. The van der Waals surface area contributed by atoms with Crippen molar-refractivity contribution < 1.29 is 10.2 Å². The number of amidine groups is 1. The predicted octanol–water partition coefficient (Wildman–Crippen LogP) is -0.185. The topological polar surface area (TPSA) is 64.9 Å². The Morgan fingerprint density at radius 2 is 2.00 bits per heavy atom. The van der Waals surface area contributed by atoms with Gasteiger partial charge in [0, 0.05) is 6.42 Å². The van der Waals surface area contributed by atoms with Gasteiger partial charge in [0.05, 0.1) is 5.84 Å². The van der Waals surface area contributed by atoms with Crippen LogP contribution in [-0.4, -0.2) is 27.5 Å². The number of aliphatic imine (C=N–C) groups is 1. The molecule has 1 aliphatic rings. The van der Waals surface area contributed by atoms with Gasteiger partial charge >= 0.3 is 0 Å². The van der Waals surface area contributed by atoms with Gasteiger partial charge in [-0.1, -0.05) is 0 Å². The van der Waals surface area contributed by atoms with Gasteiger partial charge in [0.1, 0.15) is 5.72 Å². The van der Waals surface area contributed by atoms with Crippen molar-refractivity contribution >= 4 is 5.84 Å². The van der Waals surface area contributed by atoms with Crippen LogP contribution in [0.1, 0.15) is 27.2 Å². The lowest BCUT2D eigenvalue weighted by molar-refractivity contribution is -0.0592. The minimum absolute atomic E-state index is 0.206. The van der Waals surface area contributed by atoms with E-state index in [1.54, 1.807) is 20.8 Å². The maximum absolute atomic E-state index is 9.53. The van der Waals surface area contributed by atoms with Crippen LogP contribution in [-0.2, 0) is 0 Å². The van der Waals surface area contributed by atoms with Crippen LogP contribution in [0.25, 0.3) is 0 Å². The normalized spacial score (nSPS) is 44.6. The average molecular weight is 158 g/mol. The molecule has 0 aliphatic carbocycles. The van der Waals surface area contributed by atoms with Gasteiger partial charge in [-0.15, -0.1) is 0 Å². The SMILES string of the molecule is CC1=NC(C)(O)CC(C)(O)N1. The number of hydrogen-bond donors (Lipinski definition) is 3. The molecule has 64 valence electrons. The van der Waals surface area contributed by atoms with E-state index in [1.807, 2.05) is 0 Å². The molecule has 1 aliphatic heterocycles. The summed E-state index contributed by atoms with van der Waals surface area (Å²) in [6, 6.07) is 0. The van der Waals surface area contributed by atoms with E-state index in [0.717, 1.165) is 0 Å². The molecule has 4 nitrogen and oxygen atoms in total. The van der Waals surface area contributed by atoms with E-state index in [2.05, 4.69) is 10.3 Å². The summed E-state index contributed by atoms with van der Waals surface area (Å²) in [7, 11) is 0. The summed E-state index contributed by atoms with van der Waals surface area (Å²) < 4.78 is 0. The second-order valence-electron chi connectivity index (χ2n) is 3.49. The first kappa shape index (κ1) is 8.49. The first-order valence-corrected chi connectivity index (χ1v) is 3.60. The molecule has 0 aromatic carbocycles. The van der Waals surface area contributed by atoms with Crippen molar-refractivity contribution in [3.05, 3.63) is 0 Å². The Labute approximate surface area is 66.0 Å². The van der Waals surface area contributed by atoms with Crippen molar-refractivity contribution in [2.24, 2.45) is 4.99 Å². The summed E-state index contributed by atoms with van der Waals surface area (Å²) in [6.07, 6.45) is 0.206. The van der Waals surface area contributed by atoms with Crippen LogP contribution < -0.4 is 5.32 Å². The van der Waals surface area contributed by atoms with E-state index >= 15 is 0 Å². The molecular formula is C7H14N2O2. The number of rotatable bonds is 0. The van der Waals surface area contributed by atoms with Crippen LogP contribution >= 0.6 is 0 Å². The third-order valence-corrected chi connectivity index (χ3v) is 1.54. The van der Waals surface area contributed by atoms with Crippen molar-refractivity contribution in [3.63, 3.8) is 0 Å². The van der Waals surface area contributed by atoms with Crippen molar-refractivity contribution in [2.75, 3.05) is 0 Å². The predicted molar refractivity (Wildman–Crippen MR) is 42.1 cm³/mol. The summed E-state index contributed by atoms with van der Waals surface area (Å²) in [5, 5.41) is 21.8. The molecule has 1 heterocycles. The Morgan fingerprint density at radius 3 is 2.36 bits per heavy atom. The first-order valence-electron chi connectivity index (χ1n) is 3.60. The summed E-state index contributed by atoms with van der Waals surface area (Å²) >= 11 is 0. The molecular weight excluding hydrogens is 144 g/mol. The van der Waals surface area contributed by atoms with Crippen LogP contribution in [0.5, 0.6) is 0 Å². The highest BCUT2D eigenvalue weighted by Gasteiger charge is 2.36. The maximum Gasteiger partial charge on any atom is 0.159 e. The minimum atomic E-state index is -1.14. The maximum atomic E-state index is 9.53. The number of hydrogen-bond acceptors (Lipinski definition) is 4. The molecule has 0 spiro atoms. The smallest absolute Gasteiger partial charge is 0.159 e. The van der Waals surface area contributed by atoms with Crippen LogP contribution in [0.3, 0.4) is 0 Å². The second-order valence-corrected chi connectivity index (χ2v) is 3.49. The highest BCUT2D eigenvalue weighted by molar-refractivity contribution is 5.81. The van der Waals surface area contributed by atoms with Crippen molar-refractivity contribution in [1.82, 2.24) is 5.32 Å². The van der Waals surface area contributed by atoms with E-state index in [-0.39, 0.29) is 6.42 Å². The van der Waals surface area contributed by atoms with Crippen molar-refractivity contribution in [2.45, 2.75) is 38.6 Å². The molecule has 0 radical (unpaired) electrons. The number of nitrogens with zero attached hydrogens (tertiary/aromatic N) is 1. The molecule has 0 bridgehead atoms. The first-order chi connectivity index (χ1) is 4.81. The van der Waals surface area contributed by atoms with Gasteiger partial charge in [0.15, 0.2) is 5.72 Å². The fourth-order valence-electron chi connectivity index (χ4n) is 1.51. The molecule has 0 aromatic rings. The zero-order valence-electron chi connectivity index (χ0n) is 7.05. The van der Waals surface area contributed by atoms with Crippen molar-refractivity contribution in [1.29, 1.82) is 0 Å². The Hall–Kier alpha value is -0.610. The third kappa shape index (κ3) is 2.17. The average Bonchev–Trinajstić information content (AvgIpc) is 1.49. The molecule has 0 fully saturated rings. The van der Waals surface area contributed by atoms with E-state index in [9.17, 15) is 10.2 Å². The monoisotopic (exact) mass is 158 g/mol. The van der Waals surface area contributed by atoms with Crippen LogP contribution in [0.15, 0.2) is 4.99 Å². The van der Waals surface area contributed by atoms with Gasteiger partial charge < -0.3 is 15.5 Å². The zero-order chi connectivity index (χ0) is 8.70. The highest BCUT2D eigenvalue weighted by atomic mass is 16.3. The van der Waals surface area contributed by atoms with E-state index in [1.165, 1.54) is 0 Å². The summed E-state index contributed by atoms with van der Waals surface area (Å²) in [5.74, 6) is 0.561. The Kier molecular flexibility index (Phi) is 1.69. The van der Waals surface area contributed by atoms with Crippen LogP contribution in [0.2, 0.25) is 0 Å². The zero-order valence-corrected chi connectivity index (χ0v) is 7.05. The molecule has 2 atom stereocenters. The summed E-state index contributed by atoms with van der Waals surface area (Å²) in [4.78, 5) is 3.91. The Bertz CT molecular complexity index is 197. The highest BCUT2D eigenvalue weighted by Crippen LogP contribution is 2.23. The van der Waals surface area contributed by atoms with Gasteiger partial charge in [-0.2, -0.15) is 0 Å². The van der Waals surface area contributed by atoms with Gasteiger partial charge in [-0.25, -0.2) is 4.99 Å². The molecule has 2 unspecified atom stereocenters. The fraction of sp³-hybridized carbons (Fsp3) is 0.857. The molecule has 0 amide bonds. The number of aliphatic hydroxyl groups is 2. The lowest BCUT2D eigenvalue weighted by atomic mass is 10.0. The fourth-order valence-corrected chi connectivity index (χ4v) is 1.51. The number of nitrogens with one attached hydrogen (secondary N) is 1. The van der Waals surface area contributed by atoms with E-state index in [4.69, 9.17) is 0 Å². The van der Waals surface area contributed by atoms with Crippen LogP contribution in [0, 0.1) is 0 Å². The molecule has 0 aromatic heterocycles. The van der Waals surface area contributed by atoms with Gasteiger partial charge in [0.25, 0.3) is 0 Å².